The first-order valence-electron chi connectivity index (χ1n) is 13.7. The molecule has 38 heavy (non-hydrogen) atoms. The molecule has 1 atom stereocenters. The van der Waals surface area contributed by atoms with Gasteiger partial charge in [-0.05, 0) is 84.0 Å². The van der Waals surface area contributed by atoms with Crippen molar-refractivity contribution in [1.29, 1.82) is 0 Å². The van der Waals surface area contributed by atoms with Crippen LogP contribution in [0.5, 0.6) is 0 Å². The van der Waals surface area contributed by atoms with Gasteiger partial charge in [-0.2, -0.15) is 0 Å². The number of hydrogen-bond acceptors (Lipinski definition) is 2. The molecule has 0 saturated carbocycles. The van der Waals surface area contributed by atoms with Gasteiger partial charge in [0.1, 0.15) is 6.29 Å². The van der Waals surface area contributed by atoms with Crippen LogP contribution in [-0.2, 0) is 30.6 Å². The summed E-state index contributed by atoms with van der Waals surface area (Å²) in [4.78, 5) is 11.9. The molecule has 1 aromatic heterocycles. The number of carbonyl (C=O) groups is 1. The molecule has 1 unspecified atom stereocenters. The van der Waals surface area contributed by atoms with Crippen LogP contribution in [0.2, 0.25) is 0 Å². The Morgan fingerprint density at radius 3 is 2.45 bits per heavy atom. The number of aldehydes is 1. The maximum absolute atomic E-state index is 10.9. The first-order valence-corrected chi connectivity index (χ1v) is 14.1. The highest BCUT2D eigenvalue weighted by Crippen LogP contribution is 2.26. The van der Waals surface area contributed by atoms with E-state index in [0.29, 0.717) is 12.3 Å². The predicted octanol–water partition coefficient (Wildman–Crippen LogP) is 9.48. The molecule has 0 amide bonds. The van der Waals surface area contributed by atoms with Gasteiger partial charge in [-0.15, -0.1) is 12.6 Å². The lowest BCUT2D eigenvalue weighted by Gasteiger charge is -2.13. The van der Waals surface area contributed by atoms with Crippen LogP contribution in [0, 0.1) is 5.92 Å². The molecular formula is C35H43NOS. The minimum Gasteiger partial charge on any atom is -0.347 e. The van der Waals surface area contributed by atoms with Gasteiger partial charge >= 0.3 is 0 Å². The Morgan fingerprint density at radius 2 is 1.68 bits per heavy atom. The molecule has 3 heteroatoms. The average molecular weight is 526 g/mol. The fourth-order valence-electron chi connectivity index (χ4n) is 5.19. The lowest BCUT2D eigenvalue weighted by molar-refractivity contribution is -0.108. The van der Waals surface area contributed by atoms with Crippen molar-refractivity contribution in [2.75, 3.05) is 0 Å². The fraction of sp³-hybridized carbons (Fsp3) is 0.343. The van der Waals surface area contributed by atoms with Gasteiger partial charge < -0.3 is 9.36 Å². The normalized spacial score (nSPS) is 12.1. The molecule has 3 aromatic carbocycles. The minimum absolute atomic E-state index is 0. The third kappa shape index (κ3) is 7.74. The number of aromatic nitrogens is 1. The lowest BCUT2D eigenvalue weighted by atomic mass is 9.95. The molecule has 0 aliphatic rings. The summed E-state index contributed by atoms with van der Waals surface area (Å²) in [6, 6.07) is 23.9. The molecule has 200 valence electrons. The van der Waals surface area contributed by atoms with Gasteiger partial charge in [0, 0.05) is 35.0 Å². The van der Waals surface area contributed by atoms with E-state index in [2.05, 4.69) is 97.4 Å². The summed E-state index contributed by atoms with van der Waals surface area (Å²) in [7, 11) is 0. The van der Waals surface area contributed by atoms with E-state index in [1.165, 1.54) is 38.7 Å². The highest BCUT2D eigenvalue weighted by atomic mass is 32.1. The van der Waals surface area contributed by atoms with Crippen molar-refractivity contribution >= 4 is 42.0 Å². The standard InChI is InChI=1S/C34H39NOS.CH4/c1-3-10-28-24-31(17-16-27-11-5-4-6-12-27)34(37)25-29(28)13-7-8-20-35-21-18-32-30(14-9-15-33(32)35)23-26(2)19-22-36;/h4-6,9,11-12,14-18,21-22,24-26,37H,3,7-8,10,13,19-20,23H2,1-2H3;1H4/b17-16+;. The number of thiol groups is 1. The Hall–Kier alpha value is -3.04. The van der Waals surface area contributed by atoms with Crippen molar-refractivity contribution in [3.05, 3.63) is 101 Å². The quantitative estimate of drug-likeness (QED) is 0.0798. The Morgan fingerprint density at radius 1 is 0.895 bits per heavy atom. The third-order valence-corrected chi connectivity index (χ3v) is 7.58. The van der Waals surface area contributed by atoms with E-state index < -0.39 is 0 Å². The van der Waals surface area contributed by atoms with E-state index in [0.717, 1.165) is 56.3 Å². The van der Waals surface area contributed by atoms with E-state index in [9.17, 15) is 4.79 Å². The van der Waals surface area contributed by atoms with Crippen LogP contribution in [0.1, 0.15) is 74.8 Å². The summed E-state index contributed by atoms with van der Waals surface area (Å²) in [5, 5.41) is 1.32. The van der Waals surface area contributed by atoms with Crippen LogP contribution < -0.4 is 0 Å². The van der Waals surface area contributed by atoms with E-state index in [4.69, 9.17) is 12.6 Å². The summed E-state index contributed by atoms with van der Waals surface area (Å²) in [6.07, 6.45) is 14.8. The Bertz CT molecular complexity index is 1340. The molecule has 0 fully saturated rings. The molecule has 0 radical (unpaired) electrons. The first kappa shape index (κ1) is 29.5. The van der Waals surface area contributed by atoms with Crippen LogP contribution in [0.25, 0.3) is 23.1 Å². The third-order valence-electron chi connectivity index (χ3n) is 7.19. The van der Waals surface area contributed by atoms with Gasteiger partial charge in [0.05, 0.1) is 0 Å². The van der Waals surface area contributed by atoms with Crippen molar-refractivity contribution in [3.63, 3.8) is 0 Å². The van der Waals surface area contributed by atoms with E-state index in [1.807, 2.05) is 6.07 Å². The zero-order valence-corrected chi connectivity index (χ0v) is 23.1. The Labute approximate surface area is 235 Å². The van der Waals surface area contributed by atoms with Crippen LogP contribution in [-0.4, -0.2) is 10.9 Å². The molecule has 0 aliphatic carbocycles. The molecule has 4 rings (SSSR count). The van der Waals surface area contributed by atoms with E-state index >= 15 is 0 Å². The monoisotopic (exact) mass is 525 g/mol. The molecule has 0 N–H and O–H groups in total. The van der Waals surface area contributed by atoms with Gasteiger partial charge in [-0.1, -0.05) is 88.4 Å². The van der Waals surface area contributed by atoms with Gasteiger partial charge in [-0.3, -0.25) is 0 Å². The number of fused-ring (bicyclic) bond motifs is 1. The summed E-state index contributed by atoms with van der Waals surface area (Å²) >= 11 is 4.84. The summed E-state index contributed by atoms with van der Waals surface area (Å²) < 4.78 is 2.39. The van der Waals surface area contributed by atoms with Crippen LogP contribution >= 0.6 is 12.6 Å². The summed E-state index contributed by atoms with van der Waals surface area (Å²) in [6.45, 7) is 5.42. The van der Waals surface area contributed by atoms with Crippen molar-refractivity contribution in [2.45, 2.75) is 77.7 Å². The van der Waals surface area contributed by atoms with Crippen molar-refractivity contribution in [1.82, 2.24) is 4.57 Å². The van der Waals surface area contributed by atoms with Gasteiger partial charge in [0.2, 0.25) is 0 Å². The zero-order chi connectivity index (χ0) is 26.0. The second-order valence-electron chi connectivity index (χ2n) is 10.2. The fourth-order valence-corrected chi connectivity index (χ4v) is 5.49. The second kappa shape index (κ2) is 14.8. The van der Waals surface area contributed by atoms with Crippen LogP contribution in [0.15, 0.2) is 77.8 Å². The van der Waals surface area contributed by atoms with Crippen molar-refractivity contribution < 1.29 is 4.79 Å². The first-order chi connectivity index (χ1) is 18.1. The molecule has 4 aromatic rings. The van der Waals surface area contributed by atoms with Crippen LogP contribution in [0.3, 0.4) is 0 Å². The topological polar surface area (TPSA) is 22.0 Å². The number of unbranched alkanes of at least 4 members (excludes halogenated alkanes) is 1. The molecule has 0 aliphatic heterocycles. The molecule has 1 heterocycles. The number of carbonyl (C=O) groups excluding carboxylic acids is 1. The van der Waals surface area contributed by atoms with Gasteiger partial charge in [-0.25, -0.2) is 0 Å². The largest absolute Gasteiger partial charge is 0.347 e. The molecule has 2 nitrogen and oxygen atoms in total. The number of benzene rings is 3. The zero-order valence-electron chi connectivity index (χ0n) is 22.2. The van der Waals surface area contributed by atoms with E-state index in [1.54, 1.807) is 0 Å². The number of aryl methyl sites for hydroxylation is 3. The average Bonchev–Trinajstić information content (AvgIpc) is 3.32. The molecular weight excluding hydrogens is 482 g/mol. The number of nitrogens with zero attached hydrogens (tertiary/aromatic N) is 1. The Balaban J connectivity index is 0.00000400. The summed E-state index contributed by atoms with van der Waals surface area (Å²) in [5.41, 5.74) is 7.93. The van der Waals surface area contributed by atoms with Gasteiger partial charge in [0.15, 0.2) is 0 Å². The van der Waals surface area contributed by atoms with E-state index in [-0.39, 0.29) is 7.43 Å². The van der Waals surface area contributed by atoms with Crippen molar-refractivity contribution in [3.8, 4) is 0 Å². The van der Waals surface area contributed by atoms with Crippen molar-refractivity contribution in [2.24, 2.45) is 5.92 Å². The van der Waals surface area contributed by atoms with Gasteiger partial charge in [0.25, 0.3) is 0 Å². The minimum atomic E-state index is 0. The highest BCUT2D eigenvalue weighted by molar-refractivity contribution is 7.80. The molecule has 0 saturated heterocycles. The Kier molecular flexibility index (Phi) is 11.5. The number of rotatable bonds is 13. The molecule has 0 spiro atoms. The van der Waals surface area contributed by atoms with Crippen LogP contribution in [0.4, 0.5) is 0 Å². The smallest absolute Gasteiger partial charge is 0.120 e. The highest BCUT2D eigenvalue weighted by Gasteiger charge is 2.10. The predicted molar refractivity (Wildman–Crippen MR) is 168 cm³/mol. The maximum Gasteiger partial charge on any atom is 0.120 e. The molecule has 0 bridgehead atoms. The SMILES string of the molecule is C.CCCc1cc(/C=C/c2ccccc2)c(S)cc1CCCCn1ccc2c(CC(C)CC=O)cccc21. The lowest BCUT2D eigenvalue weighted by Crippen LogP contribution is -2.02. The summed E-state index contributed by atoms with van der Waals surface area (Å²) in [5.74, 6) is 0.376. The number of hydrogen-bond donors (Lipinski definition) is 1. The maximum atomic E-state index is 10.9. The second-order valence-corrected chi connectivity index (χ2v) is 10.7.